The van der Waals surface area contributed by atoms with Crippen molar-refractivity contribution >= 4 is 11.6 Å². The summed E-state index contributed by atoms with van der Waals surface area (Å²) in [5.41, 5.74) is 1.37. The topological polar surface area (TPSA) is 4.44 Å². The van der Waals surface area contributed by atoms with Crippen molar-refractivity contribution in [1.82, 2.24) is 0 Å². The second-order valence-corrected chi connectivity index (χ2v) is 4.91. The summed E-state index contributed by atoms with van der Waals surface area (Å²) in [4.78, 5) is 1.72. The molecule has 0 atom stereocenters. The van der Waals surface area contributed by atoms with Gasteiger partial charge in [0, 0.05) is 10.6 Å². The van der Waals surface area contributed by atoms with Gasteiger partial charge in [-0.1, -0.05) is 23.7 Å². The fraction of sp³-hybridized carbons (Fsp3) is 0.538. The maximum absolute atomic E-state index is 5.99. The summed E-state index contributed by atoms with van der Waals surface area (Å²) < 4.78 is 0. The van der Waals surface area contributed by atoms with E-state index in [1.807, 2.05) is 6.07 Å². The number of likely N-dealkylation sites (tertiary alicyclic amines) is 1. The molecule has 0 bridgehead atoms. The highest BCUT2D eigenvalue weighted by Gasteiger charge is 2.12. The maximum Gasteiger partial charge on any atom is 0.103 e. The molecular formula is C13H19ClN+. The SMILES string of the molecule is Clc1cccc(C[NH+]2CCCCCC2)c1. The molecule has 0 amide bonds. The minimum absolute atomic E-state index is 0.863. The Hall–Kier alpha value is -0.530. The molecule has 15 heavy (non-hydrogen) atoms. The van der Waals surface area contributed by atoms with Gasteiger partial charge < -0.3 is 4.90 Å². The van der Waals surface area contributed by atoms with Gasteiger partial charge in [0.05, 0.1) is 13.1 Å². The van der Waals surface area contributed by atoms with Crippen LogP contribution in [0.2, 0.25) is 5.02 Å². The van der Waals surface area contributed by atoms with Gasteiger partial charge in [-0.2, -0.15) is 0 Å². The van der Waals surface area contributed by atoms with Gasteiger partial charge in [0.2, 0.25) is 0 Å². The van der Waals surface area contributed by atoms with E-state index < -0.39 is 0 Å². The lowest BCUT2D eigenvalue weighted by atomic mass is 10.2. The lowest BCUT2D eigenvalue weighted by Gasteiger charge is -2.16. The van der Waals surface area contributed by atoms with Crippen LogP contribution in [0.4, 0.5) is 0 Å². The molecule has 1 N–H and O–H groups in total. The molecule has 0 radical (unpaired) electrons. The summed E-state index contributed by atoms with van der Waals surface area (Å²) in [5, 5.41) is 0.863. The zero-order valence-corrected chi connectivity index (χ0v) is 9.89. The normalized spacial score (nSPS) is 18.7. The average molecular weight is 225 g/mol. The zero-order valence-electron chi connectivity index (χ0n) is 9.14. The molecule has 0 unspecified atom stereocenters. The van der Waals surface area contributed by atoms with Crippen LogP contribution in [0.15, 0.2) is 24.3 Å². The van der Waals surface area contributed by atoms with Gasteiger partial charge in [0.1, 0.15) is 6.54 Å². The van der Waals surface area contributed by atoms with E-state index >= 15 is 0 Å². The Labute approximate surface area is 97.0 Å². The molecule has 1 nitrogen and oxygen atoms in total. The number of rotatable bonds is 2. The highest BCUT2D eigenvalue weighted by atomic mass is 35.5. The van der Waals surface area contributed by atoms with E-state index in [0.29, 0.717) is 0 Å². The van der Waals surface area contributed by atoms with Crippen LogP contribution in [0, 0.1) is 0 Å². The first kappa shape index (κ1) is 11.0. The van der Waals surface area contributed by atoms with Crippen molar-refractivity contribution in [2.24, 2.45) is 0 Å². The number of halogens is 1. The molecule has 1 heterocycles. The average Bonchev–Trinajstić information content (AvgIpc) is 2.46. The van der Waals surface area contributed by atoms with Crippen LogP contribution < -0.4 is 4.90 Å². The Balaban J connectivity index is 1.95. The van der Waals surface area contributed by atoms with Gasteiger partial charge in [-0.15, -0.1) is 0 Å². The molecule has 1 fully saturated rings. The van der Waals surface area contributed by atoms with Crippen molar-refractivity contribution in [2.45, 2.75) is 32.2 Å². The first-order valence-corrected chi connectivity index (χ1v) is 6.30. The minimum Gasteiger partial charge on any atom is -0.331 e. The number of benzene rings is 1. The molecule has 2 heteroatoms. The highest BCUT2D eigenvalue weighted by molar-refractivity contribution is 6.30. The molecular weight excluding hydrogens is 206 g/mol. The molecule has 0 spiro atoms. The second kappa shape index (κ2) is 5.53. The van der Waals surface area contributed by atoms with E-state index in [-0.39, 0.29) is 0 Å². The number of hydrogen-bond acceptors (Lipinski definition) is 0. The molecule has 0 aromatic heterocycles. The molecule has 2 rings (SSSR count). The Morgan fingerprint density at radius 2 is 1.80 bits per heavy atom. The van der Waals surface area contributed by atoms with Crippen LogP contribution in [0.3, 0.4) is 0 Å². The third-order valence-electron chi connectivity index (χ3n) is 3.15. The smallest absolute Gasteiger partial charge is 0.103 e. The van der Waals surface area contributed by atoms with Crippen molar-refractivity contribution in [2.75, 3.05) is 13.1 Å². The van der Waals surface area contributed by atoms with Gasteiger partial charge in [0.15, 0.2) is 0 Å². The predicted molar refractivity (Wildman–Crippen MR) is 64.3 cm³/mol. The van der Waals surface area contributed by atoms with Crippen LogP contribution in [0.5, 0.6) is 0 Å². The summed E-state index contributed by atoms with van der Waals surface area (Å²) in [7, 11) is 0. The minimum atomic E-state index is 0.863. The summed E-state index contributed by atoms with van der Waals surface area (Å²) in [6, 6.07) is 8.28. The van der Waals surface area contributed by atoms with Gasteiger partial charge in [-0.25, -0.2) is 0 Å². The monoisotopic (exact) mass is 224 g/mol. The third kappa shape index (κ3) is 3.51. The summed E-state index contributed by atoms with van der Waals surface area (Å²) in [5.74, 6) is 0. The Kier molecular flexibility index (Phi) is 4.04. The molecule has 1 aromatic carbocycles. The molecule has 1 aliphatic heterocycles. The van der Waals surface area contributed by atoms with Gasteiger partial charge in [-0.05, 0) is 37.8 Å². The number of nitrogens with one attached hydrogen (secondary N) is 1. The van der Waals surface area contributed by atoms with E-state index in [0.717, 1.165) is 11.6 Å². The Morgan fingerprint density at radius 3 is 2.47 bits per heavy atom. The Bertz CT molecular complexity index is 303. The number of hydrogen-bond donors (Lipinski definition) is 1. The molecule has 0 aliphatic carbocycles. The first-order valence-electron chi connectivity index (χ1n) is 5.92. The van der Waals surface area contributed by atoms with Crippen molar-refractivity contribution < 1.29 is 4.90 Å². The summed E-state index contributed by atoms with van der Waals surface area (Å²) in [6.45, 7) is 3.79. The van der Waals surface area contributed by atoms with Gasteiger partial charge in [0.25, 0.3) is 0 Å². The van der Waals surface area contributed by atoms with Gasteiger partial charge >= 0.3 is 0 Å². The predicted octanol–water partition coefficient (Wildman–Crippen LogP) is 2.30. The molecule has 0 saturated carbocycles. The molecule has 1 saturated heterocycles. The highest BCUT2D eigenvalue weighted by Crippen LogP contribution is 2.10. The molecule has 1 aliphatic rings. The largest absolute Gasteiger partial charge is 0.331 e. The van der Waals surface area contributed by atoms with Crippen molar-refractivity contribution in [1.29, 1.82) is 0 Å². The standard InChI is InChI=1S/C13H18ClN/c14-13-7-5-6-12(10-13)11-15-8-3-1-2-4-9-15/h5-7,10H,1-4,8-9,11H2/p+1. The van der Waals surface area contributed by atoms with Crippen LogP contribution in [0.1, 0.15) is 31.2 Å². The molecule has 82 valence electrons. The lowest BCUT2D eigenvalue weighted by Crippen LogP contribution is -3.10. The fourth-order valence-corrected chi connectivity index (χ4v) is 2.55. The van der Waals surface area contributed by atoms with Crippen molar-refractivity contribution in [3.8, 4) is 0 Å². The molecule has 1 aromatic rings. The quantitative estimate of drug-likeness (QED) is 0.787. The maximum atomic E-state index is 5.99. The van der Waals surface area contributed by atoms with E-state index in [9.17, 15) is 0 Å². The van der Waals surface area contributed by atoms with E-state index in [1.54, 1.807) is 4.90 Å². The fourth-order valence-electron chi connectivity index (χ4n) is 2.34. The zero-order chi connectivity index (χ0) is 10.5. The van der Waals surface area contributed by atoms with Crippen molar-refractivity contribution in [3.63, 3.8) is 0 Å². The van der Waals surface area contributed by atoms with E-state index in [2.05, 4.69) is 18.2 Å². The van der Waals surface area contributed by atoms with E-state index in [1.165, 1.54) is 44.3 Å². The van der Waals surface area contributed by atoms with Crippen LogP contribution in [-0.4, -0.2) is 13.1 Å². The van der Waals surface area contributed by atoms with E-state index in [4.69, 9.17) is 11.6 Å². The summed E-state index contributed by atoms with van der Waals surface area (Å²) >= 11 is 5.99. The second-order valence-electron chi connectivity index (χ2n) is 4.47. The van der Waals surface area contributed by atoms with Crippen LogP contribution in [0.25, 0.3) is 0 Å². The van der Waals surface area contributed by atoms with Crippen LogP contribution in [-0.2, 0) is 6.54 Å². The van der Waals surface area contributed by atoms with Gasteiger partial charge in [-0.3, -0.25) is 0 Å². The summed E-state index contributed by atoms with van der Waals surface area (Å²) in [6.07, 6.45) is 5.60. The van der Waals surface area contributed by atoms with Crippen molar-refractivity contribution in [3.05, 3.63) is 34.9 Å². The van der Waals surface area contributed by atoms with Crippen LogP contribution >= 0.6 is 11.6 Å². The Morgan fingerprint density at radius 1 is 1.07 bits per heavy atom. The lowest BCUT2D eigenvalue weighted by molar-refractivity contribution is -0.913. The first-order chi connectivity index (χ1) is 7.34. The third-order valence-corrected chi connectivity index (χ3v) is 3.39. The number of quaternary nitrogens is 1.